The van der Waals surface area contributed by atoms with E-state index in [0.29, 0.717) is 5.92 Å². The Balaban J connectivity index is 1.87. The summed E-state index contributed by atoms with van der Waals surface area (Å²) >= 11 is 0. The molecule has 2 fully saturated rings. The maximum absolute atomic E-state index is 5.87. The number of nitrogen functional groups attached to an aromatic ring is 1. The van der Waals surface area contributed by atoms with Crippen LogP contribution in [0.2, 0.25) is 0 Å². The summed E-state index contributed by atoms with van der Waals surface area (Å²) in [6.45, 7) is 3.43. The molecular formula is C14H18N4O. The van der Waals surface area contributed by atoms with E-state index in [1.54, 1.807) is 0 Å². The van der Waals surface area contributed by atoms with E-state index in [2.05, 4.69) is 15.8 Å². The van der Waals surface area contributed by atoms with Crippen molar-refractivity contribution in [1.82, 2.24) is 9.66 Å². The number of rotatable bonds is 2. The summed E-state index contributed by atoms with van der Waals surface area (Å²) in [5.74, 6) is 1.82. The van der Waals surface area contributed by atoms with Crippen LogP contribution < -0.4 is 10.7 Å². The first-order valence-corrected chi connectivity index (χ1v) is 6.94. The molecule has 5 nitrogen and oxygen atoms in total. The van der Waals surface area contributed by atoms with Crippen molar-refractivity contribution in [3.63, 3.8) is 0 Å². The number of nitrogens with zero attached hydrogens (tertiary/aromatic N) is 3. The van der Waals surface area contributed by atoms with Crippen LogP contribution in [0.5, 0.6) is 0 Å². The highest BCUT2D eigenvalue weighted by atomic mass is 16.5. The zero-order chi connectivity index (χ0) is 12.8. The minimum absolute atomic E-state index is 0.622. The van der Waals surface area contributed by atoms with Crippen LogP contribution >= 0.6 is 0 Å². The van der Waals surface area contributed by atoms with Crippen LogP contribution in [0.4, 0.5) is 5.69 Å². The van der Waals surface area contributed by atoms with Gasteiger partial charge in [-0.25, -0.2) is 9.66 Å². The molecule has 0 radical (unpaired) electrons. The summed E-state index contributed by atoms with van der Waals surface area (Å²) in [6.07, 6.45) is 2.51. The third-order valence-electron chi connectivity index (χ3n) is 3.89. The number of nitrogens with two attached hydrogens (primary N) is 1. The molecule has 100 valence electrons. The monoisotopic (exact) mass is 258 g/mol. The number of ether oxygens (including phenoxy) is 1. The molecule has 2 N–H and O–H groups in total. The number of fused-ring (bicyclic) bond motifs is 1. The van der Waals surface area contributed by atoms with Gasteiger partial charge in [-0.05, 0) is 31.0 Å². The summed E-state index contributed by atoms with van der Waals surface area (Å²) < 4.78 is 7.75. The summed E-state index contributed by atoms with van der Waals surface area (Å²) in [5, 5.41) is 2.35. The van der Waals surface area contributed by atoms with Crippen LogP contribution in [0.3, 0.4) is 0 Å². The Morgan fingerprint density at radius 3 is 2.74 bits per heavy atom. The van der Waals surface area contributed by atoms with Crippen LogP contribution in [-0.2, 0) is 4.74 Å². The smallest absolute Gasteiger partial charge is 0.132 e. The number of morpholine rings is 1. The second kappa shape index (κ2) is 4.13. The van der Waals surface area contributed by atoms with Crippen LogP contribution in [0, 0.1) is 0 Å². The van der Waals surface area contributed by atoms with Gasteiger partial charge in [0.2, 0.25) is 0 Å². The van der Waals surface area contributed by atoms with Crippen molar-refractivity contribution in [2.24, 2.45) is 0 Å². The zero-order valence-electron chi connectivity index (χ0n) is 10.9. The fourth-order valence-electron chi connectivity index (χ4n) is 2.76. The van der Waals surface area contributed by atoms with Gasteiger partial charge in [-0.2, -0.15) is 0 Å². The quantitative estimate of drug-likeness (QED) is 0.829. The van der Waals surface area contributed by atoms with Gasteiger partial charge in [0, 0.05) is 11.6 Å². The van der Waals surface area contributed by atoms with Crippen molar-refractivity contribution < 1.29 is 4.74 Å². The minimum Gasteiger partial charge on any atom is -0.399 e. The Morgan fingerprint density at radius 2 is 2.00 bits per heavy atom. The van der Waals surface area contributed by atoms with Crippen LogP contribution in [0.25, 0.3) is 11.0 Å². The third-order valence-corrected chi connectivity index (χ3v) is 3.89. The molecular weight excluding hydrogens is 240 g/mol. The number of hydrogen-bond donors (Lipinski definition) is 1. The SMILES string of the molecule is Nc1ccc2c(c1)nc(C1CC1)n2N1CCOCC1. The highest BCUT2D eigenvalue weighted by Crippen LogP contribution is 2.41. The van der Waals surface area contributed by atoms with Gasteiger partial charge in [0.05, 0.1) is 37.3 Å². The maximum atomic E-state index is 5.87. The number of hydrogen-bond acceptors (Lipinski definition) is 4. The molecule has 1 aliphatic carbocycles. The highest BCUT2D eigenvalue weighted by Gasteiger charge is 2.31. The molecule has 19 heavy (non-hydrogen) atoms. The summed E-state index contributed by atoms with van der Waals surface area (Å²) in [7, 11) is 0. The molecule has 2 heterocycles. The van der Waals surface area contributed by atoms with Crippen molar-refractivity contribution in [2.75, 3.05) is 37.0 Å². The molecule has 0 bridgehead atoms. The maximum Gasteiger partial charge on any atom is 0.132 e. The summed E-state index contributed by atoms with van der Waals surface area (Å²) in [4.78, 5) is 4.81. The first-order chi connectivity index (χ1) is 9.33. The lowest BCUT2D eigenvalue weighted by Gasteiger charge is -2.31. The van der Waals surface area contributed by atoms with E-state index in [1.165, 1.54) is 18.7 Å². The Bertz CT molecular complexity index is 611. The van der Waals surface area contributed by atoms with E-state index in [-0.39, 0.29) is 0 Å². The molecule has 0 spiro atoms. The lowest BCUT2D eigenvalue weighted by molar-refractivity contribution is 0.111. The van der Waals surface area contributed by atoms with E-state index in [9.17, 15) is 0 Å². The summed E-state index contributed by atoms with van der Waals surface area (Å²) in [6, 6.07) is 6.01. The molecule has 2 aliphatic rings. The molecule has 1 aliphatic heterocycles. The van der Waals surface area contributed by atoms with Crippen LogP contribution in [0.15, 0.2) is 18.2 Å². The van der Waals surface area contributed by atoms with Crippen molar-refractivity contribution in [3.8, 4) is 0 Å². The van der Waals surface area contributed by atoms with Gasteiger partial charge < -0.3 is 15.5 Å². The number of anilines is 1. The molecule has 4 rings (SSSR count). The third kappa shape index (κ3) is 1.85. The van der Waals surface area contributed by atoms with E-state index < -0.39 is 0 Å². The van der Waals surface area contributed by atoms with Crippen molar-refractivity contribution in [1.29, 1.82) is 0 Å². The van der Waals surface area contributed by atoms with E-state index in [0.717, 1.165) is 43.0 Å². The average molecular weight is 258 g/mol. The van der Waals surface area contributed by atoms with Gasteiger partial charge >= 0.3 is 0 Å². The largest absolute Gasteiger partial charge is 0.399 e. The van der Waals surface area contributed by atoms with Crippen molar-refractivity contribution in [2.45, 2.75) is 18.8 Å². The second-order valence-electron chi connectivity index (χ2n) is 5.37. The predicted octanol–water partition coefficient (Wildman–Crippen LogP) is 1.46. The highest BCUT2D eigenvalue weighted by molar-refractivity contribution is 5.80. The fraction of sp³-hybridized carbons (Fsp3) is 0.500. The molecule has 1 saturated carbocycles. The first kappa shape index (κ1) is 11.1. The van der Waals surface area contributed by atoms with Crippen LogP contribution in [0.1, 0.15) is 24.6 Å². The molecule has 0 amide bonds. The standard InChI is InChI=1S/C14H18N4O/c15-11-3-4-13-12(9-11)16-14(10-1-2-10)18(13)17-5-7-19-8-6-17/h3-4,9-10H,1-2,5-8,15H2. The Kier molecular flexibility index (Phi) is 2.41. The second-order valence-corrected chi connectivity index (χ2v) is 5.37. The lowest BCUT2D eigenvalue weighted by Crippen LogP contribution is -2.44. The van der Waals surface area contributed by atoms with E-state index >= 15 is 0 Å². The molecule has 0 unspecified atom stereocenters. The Morgan fingerprint density at radius 1 is 1.21 bits per heavy atom. The van der Waals surface area contributed by atoms with Crippen molar-refractivity contribution >= 4 is 16.7 Å². The van der Waals surface area contributed by atoms with E-state index in [4.69, 9.17) is 15.5 Å². The number of aromatic nitrogens is 2. The number of imidazole rings is 1. The fourth-order valence-corrected chi connectivity index (χ4v) is 2.76. The van der Waals surface area contributed by atoms with Gasteiger partial charge in [0.25, 0.3) is 0 Å². The van der Waals surface area contributed by atoms with E-state index in [1.807, 2.05) is 12.1 Å². The average Bonchev–Trinajstić information content (AvgIpc) is 3.21. The lowest BCUT2D eigenvalue weighted by atomic mass is 10.3. The first-order valence-electron chi connectivity index (χ1n) is 6.94. The predicted molar refractivity (Wildman–Crippen MR) is 74.9 cm³/mol. The molecule has 2 aromatic rings. The molecule has 1 aromatic carbocycles. The van der Waals surface area contributed by atoms with Gasteiger partial charge in [0.15, 0.2) is 0 Å². The van der Waals surface area contributed by atoms with Gasteiger partial charge in [0.1, 0.15) is 5.82 Å². The molecule has 1 aromatic heterocycles. The van der Waals surface area contributed by atoms with Gasteiger partial charge in [-0.15, -0.1) is 0 Å². The van der Waals surface area contributed by atoms with Gasteiger partial charge in [-0.1, -0.05) is 0 Å². The van der Waals surface area contributed by atoms with Gasteiger partial charge in [-0.3, -0.25) is 0 Å². The molecule has 5 heteroatoms. The van der Waals surface area contributed by atoms with Crippen molar-refractivity contribution in [3.05, 3.63) is 24.0 Å². The Hall–Kier alpha value is -1.75. The molecule has 0 atom stereocenters. The summed E-state index contributed by atoms with van der Waals surface area (Å²) in [5.41, 5.74) is 8.82. The Labute approximate surface area is 111 Å². The van der Waals surface area contributed by atoms with Crippen LogP contribution in [-0.4, -0.2) is 36.0 Å². The molecule has 1 saturated heterocycles. The number of benzene rings is 1. The topological polar surface area (TPSA) is 56.3 Å². The zero-order valence-corrected chi connectivity index (χ0v) is 10.9. The minimum atomic E-state index is 0.622. The normalized spacial score (nSPS) is 20.1.